The van der Waals surface area contributed by atoms with Gasteiger partial charge in [-0.05, 0) is 25.0 Å². The molecule has 24 heavy (non-hydrogen) atoms. The van der Waals surface area contributed by atoms with Crippen molar-refractivity contribution in [2.24, 2.45) is 0 Å². The Bertz CT molecular complexity index is 725. The summed E-state index contributed by atoms with van der Waals surface area (Å²) in [5.74, 6) is 2.20. The molecule has 2 aromatic rings. The molecule has 7 heteroatoms. The topological polar surface area (TPSA) is 69.0 Å². The van der Waals surface area contributed by atoms with Gasteiger partial charge in [-0.3, -0.25) is 4.79 Å². The maximum absolute atomic E-state index is 12.2. The van der Waals surface area contributed by atoms with E-state index in [4.69, 9.17) is 4.74 Å². The predicted octanol–water partition coefficient (Wildman–Crippen LogP) is 3.48. The number of thioether (sulfide) groups is 1. The van der Waals surface area contributed by atoms with Crippen LogP contribution in [0.4, 0.5) is 5.69 Å². The summed E-state index contributed by atoms with van der Waals surface area (Å²) in [6, 6.07) is 7.88. The summed E-state index contributed by atoms with van der Waals surface area (Å²) < 4.78 is 7.45. The first-order chi connectivity index (χ1) is 11.6. The number of hydrogen-bond acceptors (Lipinski definition) is 5. The molecule has 128 valence electrons. The Morgan fingerprint density at radius 2 is 2.12 bits per heavy atom. The number of amides is 1. The zero-order valence-corrected chi connectivity index (χ0v) is 15.0. The van der Waals surface area contributed by atoms with Crippen LogP contribution in [-0.4, -0.2) is 33.5 Å². The second kappa shape index (κ2) is 7.25. The van der Waals surface area contributed by atoms with Crippen LogP contribution in [0.25, 0.3) is 0 Å². The summed E-state index contributed by atoms with van der Waals surface area (Å²) in [6.07, 6.45) is 2.33. The van der Waals surface area contributed by atoms with Gasteiger partial charge in [-0.25, -0.2) is 0 Å². The van der Waals surface area contributed by atoms with Gasteiger partial charge in [-0.1, -0.05) is 37.7 Å². The Hall–Kier alpha value is -2.02. The second-order valence-electron chi connectivity index (χ2n) is 6.13. The molecule has 1 saturated carbocycles. The van der Waals surface area contributed by atoms with E-state index in [9.17, 15) is 4.79 Å². The van der Waals surface area contributed by atoms with Crippen molar-refractivity contribution in [1.82, 2.24) is 14.8 Å². The molecule has 6 nitrogen and oxygen atoms in total. The zero-order chi connectivity index (χ0) is 17.1. The zero-order valence-electron chi connectivity index (χ0n) is 14.2. The van der Waals surface area contributed by atoms with E-state index in [0.717, 1.165) is 11.0 Å². The van der Waals surface area contributed by atoms with Crippen molar-refractivity contribution in [3.63, 3.8) is 0 Å². The first-order valence-electron chi connectivity index (χ1n) is 8.10. The fourth-order valence-corrected chi connectivity index (χ4v) is 3.33. The minimum absolute atomic E-state index is 0.0825. The Morgan fingerprint density at radius 3 is 2.79 bits per heavy atom. The first kappa shape index (κ1) is 16.8. The molecule has 1 heterocycles. The molecule has 0 bridgehead atoms. The van der Waals surface area contributed by atoms with Crippen LogP contribution in [-0.2, 0) is 4.79 Å². The summed E-state index contributed by atoms with van der Waals surface area (Å²) in [5, 5.41) is 12.3. The van der Waals surface area contributed by atoms with E-state index in [1.807, 2.05) is 24.3 Å². The molecule has 1 aromatic heterocycles. The van der Waals surface area contributed by atoms with E-state index in [2.05, 4.69) is 33.9 Å². The number of methoxy groups -OCH3 is 1. The Balaban J connectivity index is 1.64. The van der Waals surface area contributed by atoms with Crippen LogP contribution >= 0.6 is 11.8 Å². The smallest absolute Gasteiger partial charge is 0.234 e. The average Bonchev–Trinajstić information content (AvgIpc) is 3.32. The number of nitrogens with one attached hydrogen (secondary N) is 1. The highest BCUT2D eigenvalue weighted by Crippen LogP contribution is 2.40. The number of anilines is 1. The fraction of sp³-hybridized carbons (Fsp3) is 0.471. The summed E-state index contributed by atoms with van der Waals surface area (Å²) in [5.41, 5.74) is 0.678. The molecular formula is C17H22N4O2S. The summed E-state index contributed by atoms with van der Waals surface area (Å²) in [6.45, 7) is 4.23. The lowest BCUT2D eigenvalue weighted by molar-refractivity contribution is -0.113. The van der Waals surface area contributed by atoms with Gasteiger partial charge in [-0.2, -0.15) is 0 Å². The van der Waals surface area contributed by atoms with Crippen molar-refractivity contribution in [2.45, 2.75) is 43.8 Å². The molecule has 0 spiro atoms. The van der Waals surface area contributed by atoms with E-state index < -0.39 is 0 Å². The largest absolute Gasteiger partial charge is 0.495 e. The van der Waals surface area contributed by atoms with Crippen LogP contribution in [0.1, 0.15) is 44.5 Å². The molecule has 1 aliphatic rings. The maximum Gasteiger partial charge on any atom is 0.234 e. The van der Waals surface area contributed by atoms with Gasteiger partial charge in [0.1, 0.15) is 11.6 Å². The van der Waals surface area contributed by atoms with Gasteiger partial charge in [0, 0.05) is 12.0 Å². The van der Waals surface area contributed by atoms with E-state index >= 15 is 0 Å². The third kappa shape index (κ3) is 3.72. The van der Waals surface area contributed by atoms with Gasteiger partial charge in [0.25, 0.3) is 0 Å². The van der Waals surface area contributed by atoms with Gasteiger partial charge in [0.2, 0.25) is 5.91 Å². The summed E-state index contributed by atoms with van der Waals surface area (Å²) >= 11 is 1.43. The van der Waals surface area contributed by atoms with Crippen molar-refractivity contribution in [3.8, 4) is 5.75 Å². The van der Waals surface area contributed by atoms with Crippen molar-refractivity contribution in [3.05, 3.63) is 30.1 Å². The lowest BCUT2D eigenvalue weighted by Crippen LogP contribution is -2.15. The van der Waals surface area contributed by atoms with Gasteiger partial charge in [0.05, 0.1) is 18.6 Å². The van der Waals surface area contributed by atoms with Crippen molar-refractivity contribution >= 4 is 23.4 Å². The molecule has 1 N–H and O–H groups in total. The normalized spacial score (nSPS) is 14.0. The van der Waals surface area contributed by atoms with E-state index in [1.54, 1.807) is 7.11 Å². The third-order valence-electron chi connectivity index (χ3n) is 3.83. The Labute approximate surface area is 146 Å². The van der Waals surface area contributed by atoms with Gasteiger partial charge in [0.15, 0.2) is 5.16 Å². The summed E-state index contributed by atoms with van der Waals surface area (Å²) in [4.78, 5) is 12.2. The highest BCUT2D eigenvalue weighted by molar-refractivity contribution is 7.99. The van der Waals surface area contributed by atoms with Crippen LogP contribution in [0.3, 0.4) is 0 Å². The van der Waals surface area contributed by atoms with Crippen molar-refractivity contribution < 1.29 is 9.53 Å². The van der Waals surface area contributed by atoms with Crippen LogP contribution in [0, 0.1) is 0 Å². The molecule has 1 aliphatic carbocycles. The number of aromatic nitrogens is 3. The van der Waals surface area contributed by atoms with Crippen LogP contribution in [0.5, 0.6) is 5.75 Å². The van der Waals surface area contributed by atoms with Crippen molar-refractivity contribution in [2.75, 3.05) is 18.2 Å². The number of benzene rings is 1. The van der Waals surface area contributed by atoms with Crippen molar-refractivity contribution in [1.29, 1.82) is 0 Å². The van der Waals surface area contributed by atoms with E-state index in [0.29, 0.717) is 29.1 Å². The number of hydrogen-bond donors (Lipinski definition) is 1. The fourth-order valence-electron chi connectivity index (χ4n) is 2.52. The predicted molar refractivity (Wildman–Crippen MR) is 94.7 cm³/mol. The Kier molecular flexibility index (Phi) is 5.08. The highest BCUT2D eigenvalue weighted by Gasteiger charge is 2.30. The average molecular weight is 346 g/mol. The number of carbonyl (C=O) groups is 1. The summed E-state index contributed by atoms with van der Waals surface area (Å²) in [7, 11) is 1.59. The van der Waals surface area contributed by atoms with Gasteiger partial charge < -0.3 is 14.6 Å². The van der Waals surface area contributed by atoms with Gasteiger partial charge >= 0.3 is 0 Å². The maximum atomic E-state index is 12.2. The number of rotatable bonds is 7. The number of para-hydroxylation sites is 2. The highest BCUT2D eigenvalue weighted by atomic mass is 32.2. The van der Waals surface area contributed by atoms with Gasteiger partial charge in [-0.15, -0.1) is 10.2 Å². The number of nitrogens with zero attached hydrogens (tertiary/aromatic N) is 3. The molecule has 1 aromatic carbocycles. The van der Waals surface area contributed by atoms with E-state index in [-0.39, 0.29) is 5.91 Å². The first-order valence-corrected chi connectivity index (χ1v) is 9.09. The number of ether oxygens (including phenoxy) is 1. The van der Waals surface area contributed by atoms with Crippen LogP contribution in [0.15, 0.2) is 29.4 Å². The molecule has 0 saturated heterocycles. The Morgan fingerprint density at radius 1 is 1.38 bits per heavy atom. The second-order valence-corrected chi connectivity index (χ2v) is 7.08. The molecule has 0 aliphatic heterocycles. The standard InChI is InChI=1S/C17H22N4O2S/c1-11(2)16-19-20-17(21(16)12-8-9-12)24-10-15(22)18-13-6-4-5-7-14(13)23-3/h4-7,11-12H,8-10H2,1-3H3,(H,18,22). The lowest BCUT2D eigenvalue weighted by Gasteiger charge is -2.11. The monoisotopic (exact) mass is 346 g/mol. The molecular weight excluding hydrogens is 324 g/mol. The number of carbonyl (C=O) groups excluding carboxylic acids is 1. The SMILES string of the molecule is COc1ccccc1NC(=O)CSc1nnc(C(C)C)n1C1CC1. The molecule has 0 radical (unpaired) electrons. The van der Waals surface area contributed by atoms with Crippen LogP contribution < -0.4 is 10.1 Å². The minimum Gasteiger partial charge on any atom is -0.495 e. The third-order valence-corrected chi connectivity index (χ3v) is 4.78. The van der Waals surface area contributed by atoms with Crippen LogP contribution in [0.2, 0.25) is 0 Å². The quantitative estimate of drug-likeness (QED) is 0.777. The minimum atomic E-state index is -0.0825. The molecule has 1 amide bonds. The lowest BCUT2D eigenvalue weighted by atomic mass is 10.2. The molecule has 0 unspecified atom stereocenters. The van der Waals surface area contributed by atoms with E-state index in [1.165, 1.54) is 24.6 Å². The molecule has 3 rings (SSSR count). The molecule has 1 fully saturated rings. The molecule has 0 atom stereocenters.